The van der Waals surface area contributed by atoms with Crippen LogP contribution in [0.25, 0.3) is 77.5 Å². The number of benzene rings is 6. The molecule has 12 aromatic rings. The third-order valence-corrected chi connectivity index (χ3v) is 16.9. The number of nitrogen functional groups attached to an aromatic ring is 2. The van der Waals surface area contributed by atoms with Gasteiger partial charge in [-0.25, -0.2) is 19.9 Å². The molecule has 474 valence electrons. The molecular weight excluding hydrogens is 1390 g/mol. The number of H-pyrrole nitrogens is 1. The van der Waals surface area contributed by atoms with Crippen molar-refractivity contribution in [2.75, 3.05) is 100 Å². The van der Waals surface area contributed by atoms with Gasteiger partial charge in [0.2, 0.25) is 0 Å². The van der Waals surface area contributed by atoms with E-state index in [1.165, 1.54) is 12.4 Å². The highest BCUT2D eigenvalue weighted by Gasteiger charge is 2.51. The summed E-state index contributed by atoms with van der Waals surface area (Å²) in [6.07, 6.45) is 6.48. The van der Waals surface area contributed by atoms with Crippen molar-refractivity contribution in [1.29, 1.82) is 0 Å². The summed E-state index contributed by atoms with van der Waals surface area (Å²) in [4.78, 5) is 56.9. The Morgan fingerprint density at radius 3 is 1.48 bits per heavy atom. The van der Waals surface area contributed by atoms with Crippen LogP contribution in [0.3, 0.4) is 0 Å². The third-order valence-electron chi connectivity index (χ3n) is 15.2. The van der Waals surface area contributed by atoms with Gasteiger partial charge in [0.15, 0.2) is 11.2 Å². The van der Waals surface area contributed by atoms with Crippen LogP contribution in [0.2, 0.25) is 5.15 Å². The molecule has 6 aromatic carbocycles. The van der Waals surface area contributed by atoms with E-state index in [1.54, 1.807) is 0 Å². The van der Waals surface area contributed by atoms with Gasteiger partial charge in [-0.2, -0.15) is 9.97 Å². The number of hydrogen-bond acceptors (Lipinski definition) is 22. The molecule has 23 nitrogen and oxygen atoms in total. The molecule has 0 radical (unpaired) electrons. The molecule has 6 aromatic heterocycles. The largest absolute Gasteiger partial charge is 0.494 e. The van der Waals surface area contributed by atoms with E-state index in [0.29, 0.717) is 21.8 Å². The number of halogens is 4. The van der Waals surface area contributed by atoms with Crippen LogP contribution in [0, 0.1) is 0 Å². The fourth-order valence-corrected chi connectivity index (χ4v) is 10.9. The summed E-state index contributed by atoms with van der Waals surface area (Å²) >= 11 is 15.8. The smallest absolute Gasteiger partial charge is 0.424 e. The van der Waals surface area contributed by atoms with Gasteiger partial charge in [0.1, 0.15) is 27.8 Å². The molecule has 4 aliphatic heterocycles. The lowest BCUT2D eigenvalue weighted by atomic mass is 9.79. The fourth-order valence-electron chi connectivity index (χ4n) is 9.75. The highest BCUT2D eigenvalue weighted by Crippen LogP contribution is 2.37. The van der Waals surface area contributed by atoms with Gasteiger partial charge in [-0.05, 0) is 135 Å². The van der Waals surface area contributed by atoms with E-state index in [9.17, 15) is 4.79 Å². The summed E-state index contributed by atoms with van der Waals surface area (Å²) in [5.74, 6) is 1.82. The lowest BCUT2D eigenvalue weighted by Gasteiger charge is -2.32. The summed E-state index contributed by atoms with van der Waals surface area (Å²) in [5.41, 5.74) is 22.9. The third kappa shape index (κ3) is 16.9. The standard InChI is InChI=1S/C19H17N5O2.C13H17BN2O3.C12H12BrN3O.C8H4BrClN2.C8H5BrN2O.C4H9NO/c20-19-23-16-10-13(2-4-17(16)26-19)12-1-3-14-15(9-12)22-18(11-21-14)24-5-7-25-8-6-24;1-12(2)13(3,4)19-14(18-12)8-5-6-10-9(7-8)16-11(15)17-10;13-9-1-2-10-11(7-9)15-12(8-14-10)16-3-5-17-6-4-16;9-5-1-2-6-7(3-5)12-8(10)4-11-6;9-5-1-2-6-7(3-5)11-8(12)4-10-6;1-3-6-4-2-5-1/h1-4,9-11H,5-8H2,(H2,20,23);5-7H,1-4H3,(H2,15,16);1-2,7-8H,3-6H2;1-4H;1-4H,(H,11,12);5H,1-4H2. The number of aromatic nitrogens is 10. The van der Waals surface area contributed by atoms with Crippen LogP contribution < -0.4 is 37.6 Å². The van der Waals surface area contributed by atoms with Gasteiger partial charge in [0, 0.05) is 52.7 Å². The van der Waals surface area contributed by atoms with Crippen molar-refractivity contribution in [1.82, 2.24) is 55.2 Å². The molecule has 0 amide bonds. The number of anilines is 4. The highest BCUT2D eigenvalue weighted by molar-refractivity contribution is 9.11. The number of oxazole rings is 2. The van der Waals surface area contributed by atoms with Crippen LogP contribution in [0.5, 0.6) is 0 Å². The minimum absolute atomic E-state index is 0.168. The van der Waals surface area contributed by atoms with Crippen molar-refractivity contribution in [2.45, 2.75) is 38.9 Å². The van der Waals surface area contributed by atoms with Gasteiger partial charge in [-0.1, -0.05) is 77.6 Å². The second-order valence-electron chi connectivity index (χ2n) is 22.2. The number of nitrogens with one attached hydrogen (secondary N) is 2. The van der Waals surface area contributed by atoms with E-state index < -0.39 is 7.12 Å². The number of nitrogens with two attached hydrogens (primary N) is 2. The molecular formula is C64H64BBr3ClN15O8. The Labute approximate surface area is 558 Å². The minimum Gasteiger partial charge on any atom is -0.424 e. The fraction of sp³-hybridized carbons (Fsp3) is 0.281. The molecule has 0 spiro atoms. The number of aromatic amines is 1. The maximum Gasteiger partial charge on any atom is 0.494 e. The van der Waals surface area contributed by atoms with Crippen LogP contribution in [0.4, 0.5) is 23.7 Å². The maximum absolute atomic E-state index is 10.9. The Morgan fingerprint density at radius 1 is 0.489 bits per heavy atom. The first-order valence-electron chi connectivity index (χ1n) is 29.4. The molecule has 16 rings (SSSR count). The SMILES string of the molecule is Brc1ccc2ncc(N3CCOCC3)nc2c1.C1COCCN1.CC1(C)OB(c2ccc3oc(N)nc3c2)OC1(C)C.Clc1cnc2ccc(Br)cc2n1.Nc1nc2cc(-c3ccc4ncc(N5CCOCC5)nc4c3)ccc2o1.O=c1cnc2ccc(Br)cc2[nH]1. The number of fused-ring (bicyclic) bond motifs is 6. The Hall–Kier alpha value is -7.83. The number of nitrogens with zero attached hydrogens (tertiary/aromatic N) is 11. The Morgan fingerprint density at radius 2 is 0.935 bits per heavy atom. The number of ether oxygens (including phenoxy) is 3. The van der Waals surface area contributed by atoms with Crippen LogP contribution in [-0.2, 0) is 23.5 Å². The Bertz CT molecular complexity index is 4530. The van der Waals surface area contributed by atoms with Gasteiger partial charge in [-0.3, -0.25) is 19.7 Å². The molecule has 0 saturated carbocycles. The Kier molecular flexibility index (Phi) is 21.3. The molecule has 4 aliphatic rings. The van der Waals surface area contributed by atoms with Crippen molar-refractivity contribution in [3.63, 3.8) is 0 Å². The number of hydrogen-bond donors (Lipinski definition) is 4. The summed E-state index contributed by atoms with van der Waals surface area (Å²) in [7, 11) is -0.396. The van der Waals surface area contributed by atoms with Crippen molar-refractivity contribution >= 4 is 162 Å². The van der Waals surface area contributed by atoms with Crippen LogP contribution >= 0.6 is 59.4 Å². The zero-order valence-electron chi connectivity index (χ0n) is 50.6. The van der Waals surface area contributed by atoms with Gasteiger partial charge >= 0.3 is 7.12 Å². The number of morpholine rings is 3. The molecule has 92 heavy (non-hydrogen) atoms. The topological polar surface area (TPSA) is 292 Å². The van der Waals surface area contributed by atoms with E-state index in [2.05, 4.69) is 114 Å². The van der Waals surface area contributed by atoms with Gasteiger partial charge in [-0.15, -0.1) is 0 Å². The summed E-state index contributed by atoms with van der Waals surface area (Å²) in [6, 6.07) is 35.1. The first kappa shape index (κ1) is 65.7. The van der Waals surface area contributed by atoms with E-state index >= 15 is 0 Å². The molecule has 0 atom stereocenters. The second kappa shape index (κ2) is 29.8. The van der Waals surface area contributed by atoms with Crippen LogP contribution in [-0.4, -0.2) is 147 Å². The first-order chi connectivity index (χ1) is 44.4. The normalized spacial score (nSPS) is 15.9. The molecule has 4 saturated heterocycles. The van der Waals surface area contributed by atoms with E-state index in [0.717, 1.165) is 170 Å². The quantitative estimate of drug-likeness (QED) is 0.119. The minimum atomic E-state index is -0.396. The molecule has 0 unspecified atom stereocenters. The van der Waals surface area contributed by atoms with Crippen molar-refractivity contribution < 1.29 is 32.4 Å². The van der Waals surface area contributed by atoms with Crippen molar-refractivity contribution in [2.24, 2.45) is 0 Å². The van der Waals surface area contributed by atoms with E-state index in [-0.39, 0.29) is 28.8 Å². The van der Waals surface area contributed by atoms with Crippen molar-refractivity contribution in [3.8, 4) is 11.1 Å². The lowest BCUT2D eigenvalue weighted by Crippen LogP contribution is -2.41. The molecule has 0 aliphatic carbocycles. The van der Waals surface area contributed by atoms with Gasteiger partial charge in [0.25, 0.3) is 17.6 Å². The van der Waals surface area contributed by atoms with Crippen molar-refractivity contribution in [3.05, 3.63) is 163 Å². The predicted molar refractivity (Wildman–Crippen MR) is 370 cm³/mol. The van der Waals surface area contributed by atoms with E-state index in [1.807, 2.05) is 143 Å². The average Bonchev–Trinajstić information content (AvgIpc) is 1.62. The second-order valence-corrected chi connectivity index (χ2v) is 25.3. The molecule has 4 fully saturated rings. The zero-order chi connectivity index (χ0) is 64.4. The molecule has 6 N–H and O–H groups in total. The van der Waals surface area contributed by atoms with Gasteiger partial charge in [0.05, 0.1) is 120 Å². The predicted octanol–water partition coefficient (Wildman–Crippen LogP) is 11.1. The van der Waals surface area contributed by atoms with Crippen LogP contribution in [0.1, 0.15) is 27.7 Å². The molecule has 10 heterocycles. The monoisotopic (exact) mass is 1450 g/mol. The highest BCUT2D eigenvalue weighted by atomic mass is 79.9. The summed E-state index contributed by atoms with van der Waals surface area (Å²) in [5, 5.41) is 3.58. The van der Waals surface area contributed by atoms with E-state index in [4.69, 9.17) is 60.4 Å². The summed E-state index contributed by atoms with van der Waals surface area (Å²) in [6.45, 7) is 18.4. The molecule has 0 bridgehead atoms. The number of rotatable bonds is 4. The van der Waals surface area contributed by atoms with Crippen LogP contribution in [0.15, 0.2) is 161 Å². The summed E-state index contributed by atoms with van der Waals surface area (Å²) < 4.78 is 41.3. The van der Waals surface area contributed by atoms with Gasteiger partial charge < -0.3 is 63.9 Å². The lowest BCUT2D eigenvalue weighted by molar-refractivity contribution is 0.00578. The molecule has 28 heteroatoms. The Balaban J connectivity index is 0.000000118. The maximum atomic E-state index is 10.9. The average molecular weight is 1460 g/mol. The zero-order valence-corrected chi connectivity index (χ0v) is 56.1. The first-order valence-corrected chi connectivity index (χ1v) is 32.2.